The lowest BCUT2D eigenvalue weighted by Crippen LogP contribution is -2.48. The summed E-state index contributed by atoms with van der Waals surface area (Å²) in [6, 6.07) is 16.5. The fraction of sp³-hybridized carbons (Fsp3) is 0.333. The molecule has 3 rings (SSSR count). The van der Waals surface area contributed by atoms with Crippen LogP contribution >= 0.6 is 11.6 Å². The van der Waals surface area contributed by atoms with Crippen molar-refractivity contribution in [3.8, 4) is 0 Å². The van der Waals surface area contributed by atoms with Gasteiger partial charge in [-0.25, -0.2) is 8.42 Å². The summed E-state index contributed by atoms with van der Waals surface area (Å²) in [7, 11) is -3.43. The quantitative estimate of drug-likeness (QED) is 0.831. The fourth-order valence-electron chi connectivity index (χ4n) is 2.87. The van der Waals surface area contributed by atoms with E-state index < -0.39 is 10.0 Å². The van der Waals surface area contributed by atoms with E-state index in [1.165, 1.54) is 0 Å². The zero-order chi connectivity index (χ0) is 17.2. The van der Waals surface area contributed by atoms with Crippen LogP contribution in [0.2, 0.25) is 5.02 Å². The Labute approximate surface area is 148 Å². The Morgan fingerprint density at radius 3 is 2.46 bits per heavy atom. The summed E-state index contributed by atoms with van der Waals surface area (Å²) >= 11 is 5.87. The molecule has 2 aromatic carbocycles. The van der Waals surface area contributed by atoms with Gasteiger partial charge in [0.1, 0.15) is 0 Å². The molecule has 1 aliphatic rings. The van der Waals surface area contributed by atoms with Gasteiger partial charge in [-0.05, 0) is 30.2 Å². The lowest BCUT2D eigenvalue weighted by molar-refractivity contribution is -0.0289. The monoisotopic (exact) mass is 365 g/mol. The third kappa shape index (κ3) is 3.98. The van der Waals surface area contributed by atoms with Gasteiger partial charge in [-0.3, -0.25) is 0 Å². The van der Waals surface area contributed by atoms with Gasteiger partial charge in [0.2, 0.25) is 10.0 Å². The van der Waals surface area contributed by atoms with Crippen molar-refractivity contribution in [1.29, 1.82) is 0 Å². The van der Waals surface area contributed by atoms with Crippen LogP contribution in [0.25, 0.3) is 0 Å². The second kappa shape index (κ2) is 7.23. The van der Waals surface area contributed by atoms with Gasteiger partial charge >= 0.3 is 0 Å². The van der Waals surface area contributed by atoms with E-state index in [1.807, 2.05) is 37.3 Å². The average molecular weight is 366 g/mol. The Kier molecular flexibility index (Phi) is 5.25. The summed E-state index contributed by atoms with van der Waals surface area (Å²) in [6.45, 7) is 2.60. The first-order chi connectivity index (χ1) is 11.5. The van der Waals surface area contributed by atoms with Crippen molar-refractivity contribution in [2.75, 3.05) is 13.2 Å². The van der Waals surface area contributed by atoms with Gasteiger partial charge in [-0.1, -0.05) is 54.1 Å². The molecule has 0 bridgehead atoms. The number of halogens is 1. The molecule has 1 saturated heterocycles. The minimum Gasteiger partial charge on any atom is -0.370 e. The molecule has 24 heavy (non-hydrogen) atoms. The number of benzene rings is 2. The maximum absolute atomic E-state index is 12.9. The first kappa shape index (κ1) is 17.4. The van der Waals surface area contributed by atoms with Crippen LogP contribution in [0.15, 0.2) is 54.6 Å². The molecular formula is C18H20ClNO3S. The first-order valence-corrected chi connectivity index (χ1v) is 9.85. The highest BCUT2D eigenvalue weighted by atomic mass is 35.5. The molecule has 6 heteroatoms. The van der Waals surface area contributed by atoms with E-state index in [1.54, 1.807) is 28.6 Å². The molecule has 2 aromatic rings. The van der Waals surface area contributed by atoms with Gasteiger partial charge in [0, 0.05) is 17.6 Å². The highest BCUT2D eigenvalue weighted by Gasteiger charge is 2.35. The van der Waals surface area contributed by atoms with Crippen molar-refractivity contribution in [3.05, 3.63) is 70.7 Å². The van der Waals surface area contributed by atoms with Gasteiger partial charge in [-0.2, -0.15) is 4.31 Å². The molecule has 4 nitrogen and oxygen atoms in total. The number of ether oxygens (including phenoxy) is 1. The van der Waals surface area contributed by atoms with Crippen molar-refractivity contribution in [3.63, 3.8) is 0 Å². The molecule has 0 amide bonds. The molecule has 128 valence electrons. The van der Waals surface area contributed by atoms with Crippen molar-refractivity contribution in [2.24, 2.45) is 0 Å². The van der Waals surface area contributed by atoms with Gasteiger partial charge in [0.15, 0.2) is 0 Å². The highest BCUT2D eigenvalue weighted by Crippen LogP contribution is 2.28. The Morgan fingerprint density at radius 1 is 1.12 bits per heavy atom. The Hall–Kier alpha value is -1.40. The lowest BCUT2D eigenvalue weighted by Gasteiger charge is -2.37. The lowest BCUT2D eigenvalue weighted by atomic mass is 10.1. The van der Waals surface area contributed by atoms with Crippen LogP contribution in [0, 0.1) is 0 Å². The second-order valence-electron chi connectivity index (χ2n) is 6.03. The molecule has 1 aliphatic heterocycles. The number of morpholine rings is 1. The SMILES string of the molecule is CC1COC(c2ccccc2)CN1S(=O)(=O)Cc1ccc(Cl)cc1. The van der Waals surface area contributed by atoms with Crippen LogP contribution < -0.4 is 0 Å². The summed E-state index contributed by atoms with van der Waals surface area (Å²) in [5.74, 6) is -0.0317. The number of hydrogen-bond donors (Lipinski definition) is 0. The molecule has 0 spiro atoms. The van der Waals surface area contributed by atoms with E-state index >= 15 is 0 Å². The number of nitrogens with zero attached hydrogens (tertiary/aromatic N) is 1. The van der Waals surface area contributed by atoms with Crippen LogP contribution in [0.1, 0.15) is 24.2 Å². The Morgan fingerprint density at radius 2 is 1.79 bits per heavy atom. The highest BCUT2D eigenvalue weighted by molar-refractivity contribution is 7.88. The van der Waals surface area contributed by atoms with Gasteiger partial charge in [-0.15, -0.1) is 0 Å². The number of rotatable bonds is 4. The minimum atomic E-state index is -3.43. The van der Waals surface area contributed by atoms with E-state index in [0.717, 1.165) is 11.1 Å². The van der Waals surface area contributed by atoms with E-state index in [0.29, 0.717) is 18.2 Å². The molecule has 2 atom stereocenters. The summed E-state index contributed by atoms with van der Waals surface area (Å²) in [6.07, 6.45) is -0.234. The first-order valence-electron chi connectivity index (χ1n) is 7.86. The summed E-state index contributed by atoms with van der Waals surface area (Å²) in [4.78, 5) is 0. The third-order valence-electron chi connectivity index (χ3n) is 4.17. The van der Waals surface area contributed by atoms with Crippen LogP contribution in [-0.4, -0.2) is 31.9 Å². The summed E-state index contributed by atoms with van der Waals surface area (Å²) < 4.78 is 33.1. The maximum atomic E-state index is 12.9. The normalized spacial score (nSPS) is 22.4. The van der Waals surface area contributed by atoms with Crippen LogP contribution in [0.5, 0.6) is 0 Å². The van der Waals surface area contributed by atoms with Crippen LogP contribution in [-0.2, 0) is 20.5 Å². The smallest absolute Gasteiger partial charge is 0.218 e. The molecule has 2 unspecified atom stereocenters. The standard InChI is InChI=1S/C18H20ClNO3S/c1-14-12-23-18(16-5-3-2-4-6-16)11-20(14)24(21,22)13-15-7-9-17(19)10-8-15/h2-10,14,18H,11-13H2,1H3. The average Bonchev–Trinajstić information content (AvgIpc) is 2.58. The van der Waals surface area contributed by atoms with E-state index in [9.17, 15) is 8.42 Å². The van der Waals surface area contributed by atoms with E-state index in [2.05, 4.69) is 0 Å². The van der Waals surface area contributed by atoms with E-state index in [-0.39, 0.29) is 17.9 Å². The van der Waals surface area contributed by atoms with Gasteiger partial charge < -0.3 is 4.74 Å². The predicted octanol–water partition coefficient (Wildman–Crippen LogP) is 3.63. The van der Waals surface area contributed by atoms with Crippen LogP contribution in [0.3, 0.4) is 0 Å². The number of sulfonamides is 1. The topological polar surface area (TPSA) is 46.6 Å². The maximum Gasteiger partial charge on any atom is 0.218 e. The predicted molar refractivity (Wildman–Crippen MR) is 95.4 cm³/mol. The molecule has 0 radical (unpaired) electrons. The minimum absolute atomic E-state index is 0.0317. The Bertz CT molecular complexity index is 778. The van der Waals surface area contributed by atoms with Crippen molar-refractivity contribution >= 4 is 21.6 Å². The third-order valence-corrected chi connectivity index (χ3v) is 6.34. The molecular weight excluding hydrogens is 346 g/mol. The number of hydrogen-bond acceptors (Lipinski definition) is 3. The van der Waals surface area contributed by atoms with Crippen molar-refractivity contribution in [2.45, 2.75) is 24.8 Å². The van der Waals surface area contributed by atoms with E-state index in [4.69, 9.17) is 16.3 Å². The zero-order valence-corrected chi connectivity index (χ0v) is 15.0. The van der Waals surface area contributed by atoms with Gasteiger partial charge in [0.25, 0.3) is 0 Å². The van der Waals surface area contributed by atoms with Crippen molar-refractivity contribution in [1.82, 2.24) is 4.31 Å². The second-order valence-corrected chi connectivity index (χ2v) is 8.39. The van der Waals surface area contributed by atoms with Crippen LogP contribution in [0.4, 0.5) is 0 Å². The summed E-state index contributed by atoms with van der Waals surface area (Å²) in [5, 5.41) is 0.597. The molecule has 0 aromatic heterocycles. The zero-order valence-electron chi connectivity index (χ0n) is 13.4. The molecule has 1 fully saturated rings. The molecule has 0 N–H and O–H groups in total. The molecule has 1 heterocycles. The van der Waals surface area contributed by atoms with Crippen molar-refractivity contribution < 1.29 is 13.2 Å². The molecule has 0 aliphatic carbocycles. The summed E-state index contributed by atoms with van der Waals surface area (Å²) in [5.41, 5.74) is 1.73. The fourth-order valence-corrected chi connectivity index (χ4v) is 4.74. The largest absolute Gasteiger partial charge is 0.370 e. The molecule has 0 saturated carbocycles. The van der Waals surface area contributed by atoms with Gasteiger partial charge in [0.05, 0.1) is 18.5 Å². The Balaban J connectivity index is 1.78.